The van der Waals surface area contributed by atoms with Crippen molar-refractivity contribution in [1.29, 1.82) is 0 Å². The number of hydrogen-bond acceptors (Lipinski definition) is 6. The maximum absolute atomic E-state index is 12.2. The molecule has 1 aromatic carbocycles. The Kier molecular flexibility index (Phi) is 7.51. The van der Waals surface area contributed by atoms with E-state index in [1.807, 2.05) is 42.7 Å². The molecule has 0 saturated carbocycles. The van der Waals surface area contributed by atoms with Crippen molar-refractivity contribution in [1.82, 2.24) is 19.7 Å². The minimum Gasteiger partial charge on any atom is -0.483 e. The van der Waals surface area contributed by atoms with E-state index in [9.17, 15) is 4.79 Å². The topological polar surface area (TPSA) is 81.9 Å². The third kappa shape index (κ3) is 5.94. The fraction of sp³-hybridized carbons (Fsp3) is 0.263. The SMILES string of the molecule is CCn1c(SCC(=O)Nc2ccc(Cl)cn2)nnc1C(C)Oc1ccc(Br)cc1. The molecule has 3 rings (SSSR count). The van der Waals surface area contributed by atoms with Gasteiger partial charge < -0.3 is 14.6 Å². The summed E-state index contributed by atoms with van der Waals surface area (Å²) >= 11 is 10.5. The van der Waals surface area contributed by atoms with E-state index >= 15 is 0 Å². The predicted octanol–water partition coefficient (Wildman–Crippen LogP) is 4.98. The van der Waals surface area contributed by atoms with Crippen molar-refractivity contribution in [3.8, 4) is 5.75 Å². The van der Waals surface area contributed by atoms with Crippen LogP contribution in [0.1, 0.15) is 25.8 Å². The molecule has 152 valence electrons. The number of nitrogens with zero attached hydrogens (tertiary/aromatic N) is 4. The van der Waals surface area contributed by atoms with Gasteiger partial charge in [0.15, 0.2) is 17.1 Å². The summed E-state index contributed by atoms with van der Waals surface area (Å²) in [6, 6.07) is 10.9. The summed E-state index contributed by atoms with van der Waals surface area (Å²) in [6.07, 6.45) is 1.20. The molecule has 2 heterocycles. The Bertz CT molecular complexity index is 966. The first-order valence-electron chi connectivity index (χ1n) is 8.85. The molecule has 0 aliphatic heterocycles. The van der Waals surface area contributed by atoms with Crippen LogP contribution >= 0.6 is 39.3 Å². The maximum atomic E-state index is 12.2. The van der Waals surface area contributed by atoms with E-state index in [1.165, 1.54) is 18.0 Å². The van der Waals surface area contributed by atoms with Crippen LogP contribution in [0.15, 0.2) is 52.2 Å². The maximum Gasteiger partial charge on any atom is 0.236 e. The lowest BCUT2D eigenvalue weighted by Gasteiger charge is -2.15. The quantitative estimate of drug-likeness (QED) is 0.443. The number of amides is 1. The van der Waals surface area contributed by atoms with Crippen molar-refractivity contribution in [2.45, 2.75) is 31.7 Å². The Morgan fingerprint density at radius 1 is 1.28 bits per heavy atom. The van der Waals surface area contributed by atoms with Gasteiger partial charge in [-0.1, -0.05) is 39.3 Å². The van der Waals surface area contributed by atoms with Crippen LogP contribution in [0.4, 0.5) is 5.82 Å². The largest absolute Gasteiger partial charge is 0.483 e. The average Bonchev–Trinajstić information content (AvgIpc) is 3.13. The molecule has 1 atom stereocenters. The Balaban J connectivity index is 1.61. The molecule has 1 N–H and O–H groups in total. The molecular formula is C19H19BrClN5O2S. The Morgan fingerprint density at radius 3 is 2.69 bits per heavy atom. The van der Waals surface area contributed by atoms with Crippen LogP contribution in [0, 0.1) is 0 Å². The Labute approximate surface area is 186 Å². The first-order chi connectivity index (χ1) is 14.0. The summed E-state index contributed by atoms with van der Waals surface area (Å²) in [5, 5.41) is 12.4. The van der Waals surface area contributed by atoms with Crippen molar-refractivity contribution in [2.24, 2.45) is 0 Å². The minimum atomic E-state index is -0.287. The predicted molar refractivity (Wildman–Crippen MR) is 117 cm³/mol. The molecule has 29 heavy (non-hydrogen) atoms. The molecule has 1 amide bonds. The number of pyridine rings is 1. The fourth-order valence-corrected chi connectivity index (χ4v) is 3.72. The van der Waals surface area contributed by atoms with E-state index in [1.54, 1.807) is 12.1 Å². The highest BCUT2D eigenvalue weighted by Gasteiger charge is 2.19. The van der Waals surface area contributed by atoms with Crippen LogP contribution in [0.3, 0.4) is 0 Å². The zero-order valence-electron chi connectivity index (χ0n) is 15.8. The molecule has 0 aliphatic carbocycles. The van der Waals surface area contributed by atoms with Crippen LogP contribution in [0.25, 0.3) is 0 Å². The lowest BCUT2D eigenvalue weighted by Crippen LogP contribution is -2.16. The summed E-state index contributed by atoms with van der Waals surface area (Å²) in [5.74, 6) is 1.91. The van der Waals surface area contributed by atoms with Crippen LogP contribution in [-0.4, -0.2) is 31.4 Å². The zero-order valence-corrected chi connectivity index (χ0v) is 19.0. The third-order valence-electron chi connectivity index (χ3n) is 3.88. The van der Waals surface area contributed by atoms with E-state index in [2.05, 4.69) is 36.4 Å². The standard InChI is InChI=1S/C19H19BrClN5O2S/c1-3-26-18(12(2)28-15-7-4-13(20)5-8-15)24-25-19(26)29-11-17(27)23-16-9-6-14(21)10-22-16/h4-10,12H,3,11H2,1-2H3,(H,22,23,27). The van der Waals surface area contributed by atoms with Gasteiger partial charge in [-0.2, -0.15) is 0 Å². The van der Waals surface area contributed by atoms with Gasteiger partial charge in [0.1, 0.15) is 11.6 Å². The van der Waals surface area contributed by atoms with Crippen molar-refractivity contribution in [3.63, 3.8) is 0 Å². The average molecular weight is 497 g/mol. The van der Waals surface area contributed by atoms with Gasteiger partial charge in [0.2, 0.25) is 5.91 Å². The molecule has 10 heteroatoms. The van der Waals surface area contributed by atoms with Gasteiger partial charge in [0.05, 0.1) is 10.8 Å². The summed E-state index contributed by atoms with van der Waals surface area (Å²) in [5.41, 5.74) is 0. The van der Waals surface area contributed by atoms with Crippen molar-refractivity contribution >= 4 is 51.0 Å². The van der Waals surface area contributed by atoms with Gasteiger partial charge in [-0.25, -0.2) is 4.98 Å². The number of carbonyl (C=O) groups excluding carboxylic acids is 1. The molecular weight excluding hydrogens is 478 g/mol. The number of nitrogens with one attached hydrogen (secondary N) is 1. The molecule has 1 unspecified atom stereocenters. The van der Waals surface area contributed by atoms with Crippen LogP contribution < -0.4 is 10.1 Å². The van der Waals surface area contributed by atoms with E-state index in [4.69, 9.17) is 16.3 Å². The van der Waals surface area contributed by atoms with Gasteiger partial charge in [0, 0.05) is 17.2 Å². The molecule has 7 nitrogen and oxygen atoms in total. The van der Waals surface area contributed by atoms with Gasteiger partial charge in [-0.3, -0.25) is 4.79 Å². The summed E-state index contributed by atoms with van der Waals surface area (Å²) in [7, 11) is 0. The smallest absolute Gasteiger partial charge is 0.236 e. The molecule has 0 radical (unpaired) electrons. The molecule has 0 aliphatic rings. The van der Waals surface area contributed by atoms with Crippen LogP contribution in [0.2, 0.25) is 5.02 Å². The van der Waals surface area contributed by atoms with Gasteiger partial charge in [-0.15, -0.1) is 10.2 Å². The van der Waals surface area contributed by atoms with Crippen molar-refractivity contribution in [2.75, 3.05) is 11.1 Å². The molecule has 0 fully saturated rings. The Hall–Kier alpha value is -2.10. The van der Waals surface area contributed by atoms with Gasteiger partial charge >= 0.3 is 0 Å². The summed E-state index contributed by atoms with van der Waals surface area (Å²) in [4.78, 5) is 16.2. The summed E-state index contributed by atoms with van der Waals surface area (Å²) < 4.78 is 8.91. The molecule has 2 aromatic heterocycles. The second-order valence-electron chi connectivity index (χ2n) is 6.00. The number of benzene rings is 1. The number of halogens is 2. The number of anilines is 1. The lowest BCUT2D eigenvalue weighted by molar-refractivity contribution is -0.113. The number of hydrogen-bond donors (Lipinski definition) is 1. The highest BCUT2D eigenvalue weighted by atomic mass is 79.9. The monoisotopic (exact) mass is 495 g/mol. The minimum absolute atomic E-state index is 0.184. The first kappa shape index (κ1) is 21.6. The van der Waals surface area contributed by atoms with Crippen LogP contribution in [0.5, 0.6) is 5.75 Å². The lowest BCUT2D eigenvalue weighted by atomic mass is 10.3. The van der Waals surface area contributed by atoms with Crippen LogP contribution in [-0.2, 0) is 11.3 Å². The zero-order chi connectivity index (χ0) is 20.8. The molecule has 0 saturated heterocycles. The van der Waals surface area contributed by atoms with E-state index in [0.29, 0.717) is 28.4 Å². The molecule has 0 bridgehead atoms. The number of ether oxygens (including phenoxy) is 1. The third-order valence-corrected chi connectivity index (χ3v) is 5.60. The number of carbonyl (C=O) groups is 1. The highest BCUT2D eigenvalue weighted by Crippen LogP contribution is 2.25. The normalized spacial score (nSPS) is 11.9. The van der Waals surface area contributed by atoms with Crippen molar-refractivity contribution < 1.29 is 9.53 Å². The van der Waals surface area contributed by atoms with Crippen molar-refractivity contribution in [3.05, 3.63) is 57.9 Å². The number of aromatic nitrogens is 4. The summed E-state index contributed by atoms with van der Waals surface area (Å²) in [6.45, 7) is 4.59. The number of rotatable bonds is 8. The second kappa shape index (κ2) is 10.1. The van der Waals surface area contributed by atoms with E-state index in [-0.39, 0.29) is 17.8 Å². The number of thioether (sulfide) groups is 1. The second-order valence-corrected chi connectivity index (χ2v) is 8.29. The van der Waals surface area contributed by atoms with Gasteiger partial charge in [-0.05, 0) is 50.2 Å². The fourth-order valence-electron chi connectivity index (χ4n) is 2.53. The highest BCUT2D eigenvalue weighted by molar-refractivity contribution is 9.10. The molecule has 0 spiro atoms. The Morgan fingerprint density at radius 2 is 2.03 bits per heavy atom. The van der Waals surface area contributed by atoms with E-state index in [0.717, 1.165) is 10.2 Å². The van der Waals surface area contributed by atoms with E-state index < -0.39 is 0 Å². The molecule has 3 aromatic rings. The first-order valence-corrected chi connectivity index (χ1v) is 11.0. The van der Waals surface area contributed by atoms with Gasteiger partial charge in [0.25, 0.3) is 0 Å².